The van der Waals surface area contributed by atoms with Gasteiger partial charge in [-0.2, -0.15) is 0 Å². The van der Waals surface area contributed by atoms with Gasteiger partial charge in [0.15, 0.2) is 11.5 Å². The quantitative estimate of drug-likeness (QED) is 0.182. The Bertz CT molecular complexity index is 1020. The molecule has 220 valence electrons. The van der Waals surface area contributed by atoms with E-state index < -0.39 is 29.6 Å². The van der Waals surface area contributed by atoms with Crippen molar-refractivity contribution in [2.75, 3.05) is 0 Å². The first-order valence-corrected chi connectivity index (χ1v) is 13.5. The molecule has 0 aliphatic carbocycles. The van der Waals surface area contributed by atoms with Crippen molar-refractivity contribution in [1.29, 1.82) is 0 Å². The van der Waals surface area contributed by atoms with Gasteiger partial charge in [-0.3, -0.25) is 19.7 Å². The van der Waals surface area contributed by atoms with Crippen molar-refractivity contribution in [1.82, 2.24) is 5.32 Å². The van der Waals surface area contributed by atoms with Crippen LogP contribution in [0.15, 0.2) is 18.2 Å². The fraction of sp³-hybridized carbons (Fsp3) is 0.667. The highest BCUT2D eigenvalue weighted by atomic mass is 16.6. The predicted molar refractivity (Wildman–Crippen MR) is 148 cm³/mol. The molecule has 2 atom stereocenters. The molecule has 0 saturated carbocycles. The number of carboxylic acid groups (broad SMARTS) is 1. The van der Waals surface area contributed by atoms with Crippen LogP contribution < -0.4 is 14.8 Å². The van der Waals surface area contributed by atoms with E-state index in [1.807, 2.05) is 62.3 Å². The maximum Gasteiger partial charge on any atom is 0.364 e. The lowest BCUT2D eigenvalue weighted by atomic mass is 9.92. The SMILES string of the molecule is CCC(C)N[C@@](Cc1ccc(OC(=O)CC(C)(C)C)c(OC(=O)CC(C)(C)C)c1)(OC(=O)CC(C)C)C(=O)O. The highest BCUT2D eigenvalue weighted by Gasteiger charge is 2.44. The lowest BCUT2D eigenvalue weighted by molar-refractivity contribution is -0.185. The Morgan fingerprint density at radius 2 is 1.36 bits per heavy atom. The molecule has 39 heavy (non-hydrogen) atoms. The molecule has 1 aromatic rings. The number of carbonyl (C=O) groups excluding carboxylic acids is 3. The Labute approximate surface area is 233 Å². The van der Waals surface area contributed by atoms with Gasteiger partial charge in [0, 0.05) is 18.9 Å². The average molecular weight is 550 g/mol. The number of benzene rings is 1. The number of nitrogens with one attached hydrogen (secondary N) is 1. The first-order chi connectivity index (χ1) is 17.7. The van der Waals surface area contributed by atoms with E-state index in [-0.39, 0.29) is 60.0 Å². The van der Waals surface area contributed by atoms with E-state index in [9.17, 15) is 24.3 Å². The van der Waals surface area contributed by atoms with E-state index in [1.54, 1.807) is 13.0 Å². The Hall–Kier alpha value is -2.94. The zero-order valence-electron chi connectivity index (χ0n) is 25.2. The minimum absolute atomic E-state index is 0.0136. The highest BCUT2D eigenvalue weighted by Crippen LogP contribution is 2.33. The van der Waals surface area contributed by atoms with E-state index in [0.29, 0.717) is 12.0 Å². The van der Waals surface area contributed by atoms with Crippen molar-refractivity contribution < 1.29 is 38.5 Å². The molecular formula is C30H47NO8. The normalized spacial score (nSPS) is 14.3. The monoisotopic (exact) mass is 549 g/mol. The van der Waals surface area contributed by atoms with Crippen LogP contribution in [0.1, 0.15) is 100 Å². The van der Waals surface area contributed by atoms with Crippen molar-refractivity contribution in [3.05, 3.63) is 23.8 Å². The van der Waals surface area contributed by atoms with Gasteiger partial charge in [0.2, 0.25) is 0 Å². The van der Waals surface area contributed by atoms with Gasteiger partial charge in [-0.05, 0) is 47.8 Å². The number of carbonyl (C=O) groups is 4. The summed E-state index contributed by atoms with van der Waals surface area (Å²) in [5.74, 6) is -3.02. The summed E-state index contributed by atoms with van der Waals surface area (Å²) in [6, 6.07) is 4.19. The minimum atomic E-state index is -2.06. The van der Waals surface area contributed by atoms with Crippen LogP contribution in [0.5, 0.6) is 11.5 Å². The van der Waals surface area contributed by atoms with Gasteiger partial charge in [0.05, 0.1) is 12.8 Å². The van der Waals surface area contributed by atoms with Crippen LogP contribution in [0.3, 0.4) is 0 Å². The number of hydrogen-bond acceptors (Lipinski definition) is 8. The number of rotatable bonds is 13. The number of hydrogen-bond donors (Lipinski definition) is 2. The largest absolute Gasteiger partial charge is 0.477 e. The van der Waals surface area contributed by atoms with Crippen molar-refractivity contribution in [2.45, 2.75) is 113 Å². The molecule has 0 amide bonds. The molecule has 0 aromatic heterocycles. The fourth-order valence-electron chi connectivity index (χ4n) is 3.66. The molecule has 1 aromatic carbocycles. The lowest BCUT2D eigenvalue weighted by Crippen LogP contribution is -2.59. The Morgan fingerprint density at radius 3 is 1.79 bits per heavy atom. The van der Waals surface area contributed by atoms with E-state index in [2.05, 4.69) is 5.32 Å². The molecular weight excluding hydrogens is 502 g/mol. The van der Waals surface area contributed by atoms with Crippen molar-refractivity contribution in [3.63, 3.8) is 0 Å². The molecule has 0 radical (unpaired) electrons. The molecule has 1 unspecified atom stereocenters. The molecule has 0 fully saturated rings. The number of carboxylic acids is 1. The fourth-order valence-corrected chi connectivity index (χ4v) is 3.66. The van der Waals surface area contributed by atoms with E-state index in [4.69, 9.17) is 14.2 Å². The third-order valence-electron chi connectivity index (χ3n) is 5.56. The van der Waals surface area contributed by atoms with E-state index in [0.717, 1.165) is 0 Å². The molecule has 9 nitrogen and oxygen atoms in total. The summed E-state index contributed by atoms with van der Waals surface area (Å²) in [5.41, 5.74) is -2.32. The Balaban J connectivity index is 3.50. The maximum absolute atomic E-state index is 12.7. The predicted octanol–water partition coefficient (Wildman–Crippen LogP) is 5.67. The summed E-state index contributed by atoms with van der Waals surface area (Å²) >= 11 is 0. The number of esters is 3. The van der Waals surface area contributed by atoms with Gasteiger partial charge in [-0.15, -0.1) is 0 Å². The average Bonchev–Trinajstić information content (AvgIpc) is 2.71. The second-order valence-electron chi connectivity index (χ2n) is 13.0. The summed E-state index contributed by atoms with van der Waals surface area (Å²) in [6.45, 7) is 18.7. The van der Waals surface area contributed by atoms with E-state index >= 15 is 0 Å². The van der Waals surface area contributed by atoms with Crippen molar-refractivity contribution >= 4 is 23.9 Å². The van der Waals surface area contributed by atoms with Gasteiger partial charge in [0.1, 0.15) is 0 Å². The van der Waals surface area contributed by atoms with Crippen LogP contribution in [-0.4, -0.2) is 40.8 Å². The van der Waals surface area contributed by atoms with Crippen LogP contribution in [0.2, 0.25) is 0 Å². The molecule has 0 aliphatic rings. The molecule has 9 heteroatoms. The van der Waals surface area contributed by atoms with Crippen LogP contribution in [-0.2, 0) is 30.3 Å². The first kappa shape index (κ1) is 34.1. The van der Waals surface area contributed by atoms with Crippen LogP contribution in [0, 0.1) is 16.7 Å². The van der Waals surface area contributed by atoms with E-state index in [1.165, 1.54) is 12.1 Å². The minimum Gasteiger partial charge on any atom is -0.477 e. The summed E-state index contributed by atoms with van der Waals surface area (Å²) in [4.78, 5) is 50.4. The van der Waals surface area contributed by atoms with Gasteiger partial charge >= 0.3 is 23.9 Å². The highest BCUT2D eigenvalue weighted by molar-refractivity contribution is 5.82. The smallest absolute Gasteiger partial charge is 0.364 e. The second-order valence-corrected chi connectivity index (χ2v) is 13.0. The molecule has 0 bridgehead atoms. The first-order valence-electron chi connectivity index (χ1n) is 13.5. The van der Waals surface area contributed by atoms with Crippen molar-refractivity contribution in [2.24, 2.45) is 16.7 Å². The summed E-state index contributed by atoms with van der Waals surface area (Å²) in [6.07, 6.45) is 0.631. The van der Waals surface area contributed by atoms with Crippen molar-refractivity contribution in [3.8, 4) is 11.5 Å². The third-order valence-corrected chi connectivity index (χ3v) is 5.56. The zero-order chi connectivity index (χ0) is 30.2. The van der Waals surface area contributed by atoms with Gasteiger partial charge in [0.25, 0.3) is 5.72 Å². The summed E-state index contributed by atoms with van der Waals surface area (Å²) in [7, 11) is 0. The van der Waals surface area contributed by atoms with Crippen LogP contribution >= 0.6 is 0 Å². The molecule has 0 spiro atoms. The second kappa shape index (κ2) is 13.9. The standard InChI is InChI=1S/C30H47NO8/c1-11-20(4)31-30(27(35)36,39-24(32)14-19(2)3)16-21-12-13-22(37-25(33)17-28(5,6)7)23(15-21)38-26(34)18-29(8,9)10/h12-13,15,19-20,31H,11,14,16-18H2,1-10H3,(H,35,36)/t20?,30-/m0/s1. The number of ether oxygens (including phenoxy) is 3. The maximum atomic E-state index is 12.7. The lowest BCUT2D eigenvalue weighted by Gasteiger charge is -2.33. The molecule has 1 rings (SSSR count). The van der Waals surface area contributed by atoms with Gasteiger partial charge in [-0.1, -0.05) is 68.4 Å². The van der Waals surface area contributed by atoms with Crippen LogP contribution in [0.4, 0.5) is 0 Å². The summed E-state index contributed by atoms with van der Waals surface area (Å²) < 4.78 is 16.7. The molecule has 0 saturated heterocycles. The molecule has 2 N–H and O–H groups in total. The van der Waals surface area contributed by atoms with Crippen LogP contribution in [0.25, 0.3) is 0 Å². The topological polar surface area (TPSA) is 128 Å². The zero-order valence-corrected chi connectivity index (χ0v) is 25.2. The number of aliphatic carboxylic acids is 1. The molecule has 0 aliphatic heterocycles. The van der Waals surface area contributed by atoms with Gasteiger partial charge in [-0.25, -0.2) is 4.79 Å². The Morgan fingerprint density at radius 1 is 0.846 bits per heavy atom. The Kier molecular flexibility index (Phi) is 12.2. The summed E-state index contributed by atoms with van der Waals surface area (Å²) in [5, 5.41) is 13.2. The van der Waals surface area contributed by atoms with Gasteiger partial charge < -0.3 is 19.3 Å². The third kappa shape index (κ3) is 12.6. The molecule has 0 heterocycles.